The lowest BCUT2D eigenvalue weighted by molar-refractivity contribution is -0.202. The summed E-state index contributed by atoms with van der Waals surface area (Å²) in [5.74, 6) is 0.804. The SMILES string of the molecule is CCOOc1ccc(O)cc1. The number of aromatic hydroxyl groups is 1. The van der Waals surface area contributed by atoms with Crippen molar-refractivity contribution >= 4 is 0 Å². The zero-order valence-corrected chi connectivity index (χ0v) is 6.28. The van der Waals surface area contributed by atoms with Gasteiger partial charge in [-0.1, -0.05) is 0 Å². The lowest BCUT2D eigenvalue weighted by atomic mass is 10.3. The van der Waals surface area contributed by atoms with Crippen LogP contribution in [-0.4, -0.2) is 11.7 Å². The minimum atomic E-state index is 0.217. The molecule has 0 radical (unpaired) electrons. The Labute approximate surface area is 65.1 Å². The zero-order chi connectivity index (χ0) is 8.10. The van der Waals surface area contributed by atoms with E-state index in [9.17, 15) is 0 Å². The Morgan fingerprint density at radius 3 is 2.45 bits per heavy atom. The normalized spacial score (nSPS) is 9.55. The average molecular weight is 154 g/mol. The van der Waals surface area contributed by atoms with Crippen LogP contribution in [0.4, 0.5) is 0 Å². The van der Waals surface area contributed by atoms with Crippen molar-refractivity contribution in [3.63, 3.8) is 0 Å². The van der Waals surface area contributed by atoms with E-state index in [0.717, 1.165) is 0 Å². The summed E-state index contributed by atoms with van der Waals surface area (Å²) in [4.78, 5) is 9.48. The Kier molecular flexibility index (Phi) is 2.74. The quantitative estimate of drug-likeness (QED) is 0.532. The van der Waals surface area contributed by atoms with E-state index < -0.39 is 0 Å². The van der Waals surface area contributed by atoms with Gasteiger partial charge in [-0.15, -0.1) is 0 Å². The van der Waals surface area contributed by atoms with Crippen LogP contribution in [0.3, 0.4) is 0 Å². The lowest BCUT2D eigenvalue weighted by Gasteiger charge is -2.01. The van der Waals surface area contributed by atoms with E-state index in [4.69, 9.17) is 9.99 Å². The first-order chi connectivity index (χ1) is 5.33. The fraction of sp³-hybridized carbons (Fsp3) is 0.250. The molecule has 0 fully saturated rings. The third-order valence-electron chi connectivity index (χ3n) is 1.11. The molecule has 0 amide bonds. The van der Waals surface area contributed by atoms with E-state index in [-0.39, 0.29) is 5.75 Å². The first-order valence-electron chi connectivity index (χ1n) is 3.41. The second-order valence-electron chi connectivity index (χ2n) is 1.98. The highest BCUT2D eigenvalue weighted by molar-refractivity contribution is 5.29. The summed E-state index contributed by atoms with van der Waals surface area (Å²) in [7, 11) is 0. The van der Waals surface area contributed by atoms with Gasteiger partial charge in [0.1, 0.15) is 5.75 Å². The lowest BCUT2D eigenvalue weighted by Crippen LogP contribution is -1.94. The summed E-state index contributed by atoms with van der Waals surface area (Å²) in [6.07, 6.45) is 0. The van der Waals surface area contributed by atoms with Crippen molar-refractivity contribution in [3.05, 3.63) is 24.3 Å². The summed E-state index contributed by atoms with van der Waals surface area (Å²) in [6.45, 7) is 2.33. The van der Waals surface area contributed by atoms with Crippen molar-refractivity contribution in [2.45, 2.75) is 6.92 Å². The molecule has 0 aliphatic heterocycles. The number of rotatable bonds is 3. The Morgan fingerprint density at radius 1 is 1.27 bits per heavy atom. The van der Waals surface area contributed by atoms with Crippen LogP contribution < -0.4 is 4.89 Å². The standard InChI is InChI=1S/C8H10O3/c1-2-10-11-8-5-3-7(9)4-6-8/h3-6,9H,2H2,1H3. The molecule has 0 bridgehead atoms. The summed E-state index contributed by atoms with van der Waals surface area (Å²) in [5, 5.41) is 8.89. The number of phenolic OH excluding ortho intramolecular Hbond substituents is 1. The van der Waals surface area contributed by atoms with Crippen LogP contribution in [0.2, 0.25) is 0 Å². The van der Waals surface area contributed by atoms with Crippen LogP contribution in [0.25, 0.3) is 0 Å². The third-order valence-corrected chi connectivity index (χ3v) is 1.11. The third kappa shape index (κ3) is 2.47. The van der Waals surface area contributed by atoms with Crippen molar-refractivity contribution in [2.24, 2.45) is 0 Å². The molecular formula is C8H10O3. The molecule has 1 aromatic rings. The Bertz CT molecular complexity index is 205. The van der Waals surface area contributed by atoms with Gasteiger partial charge in [-0.05, 0) is 31.2 Å². The van der Waals surface area contributed by atoms with Crippen LogP contribution >= 0.6 is 0 Å². The molecule has 0 atom stereocenters. The highest BCUT2D eigenvalue weighted by Gasteiger charge is 1.92. The van der Waals surface area contributed by atoms with E-state index in [1.54, 1.807) is 12.1 Å². The molecule has 1 aromatic carbocycles. The molecular weight excluding hydrogens is 144 g/mol. The van der Waals surface area contributed by atoms with E-state index in [1.165, 1.54) is 12.1 Å². The molecule has 0 spiro atoms. The molecule has 3 heteroatoms. The smallest absolute Gasteiger partial charge is 0.165 e. The Balaban J connectivity index is 2.52. The topological polar surface area (TPSA) is 38.7 Å². The van der Waals surface area contributed by atoms with Gasteiger partial charge in [0, 0.05) is 0 Å². The van der Waals surface area contributed by atoms with E-state index in [2.05, 4.69) is 4.89 Å². The molecule has 0 saturated carbocycles. The predicted octanol–water partition coefficient (Wildman–Crippen LogP) is 1.72. The summed E-state index contributed by atoms with van der Waals surface area (Å²) in [6, 6.07) is 6.33. The summed E-state index contributed by atoms with van der Waals surface area (Å²) >= 11 is 0. The molecule has 1 N–H and O–H groups in total. The zero-order valence-electron chi connectivity index (χ0n) is 6.28. The van der Waals surface area contributed by atoms with Crippen LogP contribution in [0, 0.1) is 0 Å². The molecule has 0 saturated heterocycles. The maximum atomic E-state index is 8.89. The van der Waals surface area contributed by atoms with Crippen LogP contribution in [0.1, 0.15) is 6.92 Å². The van der Waals surface area contributed by atoms with Gasteiger partial charge in [0.2, 0.25) is 0 Å². The Hall–Kier alpha value is -1.22. The second kappa shape index (κ2) is 3.83. The number of benzene rings is 1. The molecule has 0 aliphatic rings. The predicted molar refractivity (Wildman–Crippen MR) is 40.4 cm³/mol. The molecule has 11 heavy (non-hydrogen) atoms. The second-order valence-corrected chi connectivity index (χ2v) is 1.98. The van der Waals surface area contributed by atoms with Crippen LogP contribution in [0.15, 0.2) is 24.3 Å². The fourth-order valence-corrected chi connectivity index (χ4v) is 0.629. The molecule has 0 aliphatic carbocycles. The van der Waals surface area contributed by atoms with E-state index in [0.29, 0.717) is 12.4 Å². The van der Waals surface area contributed by atoms with Crippen molar-refractivity contribution in [3.8, 4) is 11.5 Å². The molecule has 0 heterocycles. The van der Waals surface area contributed by atoms with Crippen LogP contribution in [-0.2, 0) is 4.89 Å². The highest BCUT2D eigenvalue weighted by atomic mass is 17.2. The molecule has 0 aromatic heterocycles. The first kappa shape index (κ1) is 7.88. The molecule has 3 nitrogen and oxygen atoms in total. The summed E-state index contributed by atoms with van der Waals surface area (Å²) in [5.41, 5.74) is 0. The maximum Gasteiger partial charge on any atom is 0.165 e. The highest BCUT2D eigenvalue weighted by Crippen LogP contribution is 2.15. The number of phenols is 1. The van der Waals surface area contributed by atoms with Crippen molar-refractivity contribution < 1.29 is 14.9 Å². The van der Waals surface area contributed by atoms with E-state index >= 15 is 0 Å². The van der Waals surface area contributed by atoms with Gasteiger partial charge in [-0.3, -0.25) is 0 Å². The Morgan fingerprint density at radius 2 is 1.91 bits per heavy atom. The summed E-state index contributed by atoms with van der Waals surface area (Å²) < 4.78 is 0. The van der Waals surface area contributed by atoms with Gasteiger partial charge >= 0.3 is 0 Å². The van der Waals surface area contributed by atoms with Gasteiger partial charge in [0.25, 0.3) is 0 Å². The fourth-order valence-electron chi connectivity index (χ4n) is 0.629. The minimum absolute atomic E-state index is 0.217. The van der Waals surface area contributed by atoms with Crippen molar-refractivity contribution in [1.82, 2.24) is 0 Å². The molecule has 1 rings (SSSR count). The van der Waals surface area contributed by atoms with Gasteiger partial charge in [-0.2, -0.15) is 4.89 Å². The molecule has 60 valence electrons. The monoisotopic (exact) mass is 154 g/mol. The van der Waals surface area contributed by atoms with Crippen molar-refractivity contribution in [1.29, 1.82) is 0 Å². The number of hydrogen-bond acceptors (Lipinski definition) is 3. The van der Waals surface area contributed by atoms with Crippen LogP contribution in [0.5, 0.6) is 11.5 Å². The molecule has 0 unspecified atom stereocenters. The number of hydrogen-bond donors (Lipinski definition) is 1. The van der Waals surface area contributed by atoms with E-state index in [1.807, 2.05) is 6.92 Å². The largest absolute Gasteiger partial charge is 0.508 e. The average Bonchev–Trinajstić information content (AvgIpc) is 2.04. The maximum absolute atomic E-state index is 8.89. The van der Waals surface area contributed by atoms with Gasteiger partial charge < -0.3 is 9.99 Å². The van der Waals surface area contributed by atoms with Gasteiger partial charge in [0.15, 0.2) is 5.75 Å². The van der Waals surface area contributed by atoms with Crippen molar-refractivity contribution in [2.75, 3.05) is 6.61 Å². The van der Waals surface area contributed by atoms with Gasteiger partial charge in [0.05, 0.1) is 6.61 Å². The van der Waals surface area contributed by atoms with Gasteiger partial charge in [-0.25, -0.2) is 0 Å². The first-order valence-corrected chi connectivity index (χ1v) is 3.41. The minimum Gasteiger partial charge on any atom is -0.508 e.